The highest BCUT2D eigenvalue weighted by Crippen LogP contribution is 2.42. The quantitative estimate of drug-likeness (QED) is 0.815. The molecule has 0 aromatic carbocycles. The average Bonchev–Trinajstić information content (AvgIpc) is 2.72. The fourth-order valence-corrected chi connectivity index (χ4v) is 2.84. The third kappa shape index (κ3) is 1.36. The van der Waals surface area contributed by atoms with E-state index >= 15 is 0 Å². The third-order valence-corrected chi connectivity index (χ3v) is 3.99. The summed E-state index contributed by atoms with van der Waals surface area (Å²) in [6.45, 7) is 0. The number of nitrogens with one attached hydrogen (secondary N) is 1. The number of nitrogen functional groups attached to an aromatic ring is 1. The van der Waals surface area contributed by atoms with Gasteiger partial charge in [-0.1, -0.05) is 12.5 Å². The second-order valence-electron chi connectivity index (χ2n) is 4.00. The Bertz CT molecular complexity index is 454. The van der Waals surface area contributed by atoms with Crippen LogP contribution in [0.1, 0.15) is 30.9 Å². The first-order valence-corrected chi connectivity index (χ1v) is 6.12. The lowest BCUT2D eigenvalue weighted by Gasteiger charge is -2.24. The number of aromatic amines is 1. The van der Waals surface area contributed by atoms with E-state index in [-0.39, 0.29) is 0 Å². The number of anilines is 1. The van der Waals surface area contributed by atoms with E-state index in [0.717, 1.165) is 5.56 Å². The van der Waals surface area contributed by atoms with Crippen LogP contribution >= 0.6 is 11.3 Å². The second kappa shape index (κ2) is 3.38. The van der Waals surface area contributed by atoms with Crippen molar-refractivity contribution in [1.29, 1.82) is 0 Å². The van der Waals surface area contributed by atoms with Gasteiger partial charge >= 0.3 is 0 Å². The Morgan fingerprint density at radius 1 is 1.47 bits per heavy atom. The monoisotopic (exact) mass is 219 g/mol. The summed E-state index contributed by atoms with van der Waals surface area (Å²) in [6.07, 6.45) is 3.85. The maximum absolute atomic E-state index is 5.91. The summed E-state index contributed by atoms with van der Waals surface area (Å²) < 4.78 is 0. The molecule has 1 aliphatic rings. The smallest absolute Gasteiger partial charge is 0.154 e. The Labute approximate surface area is 92.3 Å². The van der Waals surface area contributed by atoms with Gasteiger partial charge in [0.25, 0.3) is 0 Å². The maximum atomic E-state index is 5.91. The standard InChI is InChI=1S/C11H13N3S/c12-11-9(8-5-2-6-15-8)10(13-14-11)7-3-1-4-7/h2,5-7H,1,3-4H2,(H3,12,13,14). The van der Waals surface area contributed by atoms with E-state index in [4.69, 9.17) is 5.73 Å². The second-order valence-corrected chi connectivity index (χ2v) is 4.95. The van der Waals surface area contributed by atoms with Crippen LogP contribution in [0.3, 0.4) is 0 Å². The normalized spacial score (nSPS) is 16.5. The highest BCUT2D eigenvalue weighted by Gasteiger charge is 2.26. The number of aromatic nitrogens is 2. The Morgan fingerprint density at radius 2 is 2.33 bits per heavy atom. The van der Waals surface area contributed by atoms with Crippen LogP contribution in [0.2, 0.25) is 0 Å². The van der Waals surface area contributed by atoms with Crippen molar-refractivity contribution in [1.82, 2.24) is 10.2 Å². The van der Waals surface area contributed by atoms with E-state index in [9.17, 15) is 0 Å². The lowest BCUT2D eigenvalue weighted by Crippen LogP contribution is -2.10. The molecule has 3 rings (SSSR count). The van der Waals surface area contributed by atoms with Crippen LogP contribution in [0, 0.1) is 0 Å². The molecule has 2 aromatic heterocycles. The molecule has 0 amide bonds. The van der Waals surface area contributed by atoms with Gasteiger partial charge < -0.3 is 5.73 Å². The highest BCUT2D eigenvalue weighted by molar-refractivity contribution is 7.13. The first kappa shape index (κ1) is 8.97. The molecule has 0 atom stereocenters. The molecule has 1 aliphatic carbocycles. The Kier molecular flexibility index (Phi) is 2.02. The van der Waals surface area contributed by atoms with Crippen molar-refractivity contribution in [2.75, 3.05) is 5.73 Å². The summed E-state index contributed by atoms with van der Waals surface area (Å²) in [6, 6.07) is 4.16. The first-order valence-electron chi connectivity index (χ1n) is 5.24. The van der Waals surface area contributed by atoms with Gasteiger partial charge in [-0.3, -0.25) is 5.10 Å². The number of H-pyrrole nitrogens is 1. The largest absolute Gasteiger partial charge is 0.382 e. The van der Waals surface area contributed by atoms with Crippen molar-refractivity contribution in [2.24, 2.45) is 0 Å². The van der Waals surface area contributed by atoms with Crippen molar-refractivity contribution in [3.8, 4) is 10.4 Å². The van der Waals surface area contributed by atoms with Crippen LogP contribution in [-0.4, -0.2) is 10.2 Å². The predicted molar refractivity (Wildman–Crippen MR) is 62.9 cm³/mol. The van der Waals surface area contributed by atoms with Crippen LogP contribution in [0.4, 0.5) is 5.82 Å². The predicted octanol–water partition coefficient (Wildman–Crippen LogP) is 2.99. The summed E-state index contributed by atoms with van der Waals surface area (Å²) in [5, 5.41) is 9.31. The Morgan fingerprint density at radius 3 is 2.93 bits per heavy atom. The van der Waals surface area contributed by atoms with Crippen molar-refractivity contribution in [2.45, 2.75) is 25.2 Å². The molecule has 3 nitrogen and oxygen atoms in total. The van der Waals surface area contributed by atoms with Crippen LogP contribution in [0.5, 0.6) is 0 Å². The highest BCUT2D eigenvalue weighted by atomic mass is 32.1. The van der Waals surface area contributed by atoms with Crippen LogP contribution in [-0.2, 0) is 0 Å². The molecule has 0 unspecified atom stereocenters. The van der Waals surface area contributed by atoms with Gasteiger partial charge in [0.15, 0.2) is 5.82 Å². The van der Waals surface area contributed by atoms with Crippen LogP contribution in [0.15, 0.2) is 17.5 Å². The Hall–Kier alpha value is -1.29. The van der Waals surface area contributed by atoms with Gasteiger partial charge in [0.05, 0.1) is 5.56 Å². The molecular weight excluding hydrogens is 206 g/mol. The van der Waals surface area contributed by atoms with Crippen molar-refractivity contribution in [3.63, 3.8) is 0 Å². The van der Waals surface area contributed by atoms with Gasteiger partial charge in [0, 0.05) is 16.5 Å². The number of thiophene rings is 1. The first-order chi connectivity index (χ1) is 7.36. The van der Waals surface area contributed by atoms with E-state index < -0.39 is 0 Å². The minimum atomic E-state index is 0.638. The van der Waals surface area contributed by atoms with E-state index in [1.165, 1.54) is 29.8 Å². The molecule has 0 aliphatic heterocycles. The van der Waals surface area contributed by atoms with Gasteiger partial charge in [0.1, 0.15) is 0 Å². The molecule has 0 radical (unpaired) electrons. The van der Waals surface area contributed by atoms with Crippen molar-refractivity contribution >= 4 is 17.2 Å². The molecule has 4 heteroatoms. The number of rotatable bonds is 2. The van der Waals surface area contributed by atoms with E-state index in [1.807, 2.05) is 0 Å². The van der Waals surface area contributed by atoms with Crippen LogP contribution in [0.25, 0.3) is 10.4 Å². The maximum Gasteiger partial charge on any atom is 0.154 e. The molecule has 15 heavy (non-hydrogen) atoms. The van der Waals surface area contributed by atoms with Gasteiger partial charge in [-0.05, 0) is 24.3 Å². The number of nitrogens with two attached hydrogens (primary N) is 1. The lowest BCUT2D eigenvalue weighted by molar-refractivity contribution is 0.411. The van der Waals surface area contributed by atoms with Gasteiger partial charge in [-0.15, -0.1) is 11.3 Å². The van der Waals surface area contributed by atoms with Gasteiger partial charge in [-0.2, -0.15) is 5.10 Å². The summed E-state index contributed by atoms with van der Waals surface area (Å²) in [7, 11) is 0. The zero-order valence-electron chi connectivity index (χ0n) is 8.36. The minimum Gasteiger partial charge on any atom is -0.382 e. The molecular formula is C11H13N3S. The molecule has 2 aromatic rings. The van der Waals surface area contributed by atoms with Gasteiger partial charge in [0.2, 0.25) is 0 Å². The summed E-state index contributed by atoms with van der Waals surface area (Å²) in [5.74, 6) is 1.28. The lowest BCUT2D eigenvalue weighted by atomic mass is 9.81. The molecule has 0 bridgehead atoms. The van der Waals surface area contributed by atoms with E-state index in [0.29, 0.717) is 11.7 Å². The Balaban J connectivity index is 2.08. The third-order valence-electron chi connectivity index (χ3n) is 3.10. The molecule has 0 saturated heterocycles. The number of nitrogens with zero attached hydrogens (tertiary/aromatic N) is 1. The zero-order chi connectivity index (χ0) is 10.3. The van der Waals surface area contributed by atoms with Crippen LogP contribution < -0.4 is 5.73 Å². The number of hydrogen-bond donors (Lipinski definition) is 2. The van der Waals surface area contributed by atoms with Crippen molar-refractivity contribution in [3.05, 3.63) is 23.2 Å². The molecule has 3 N–H and O–H groups in total. The van der Waals surface area contributed by atoms with Gasteiger partial charge in [-0.25, -0.2) is 0 Å². The molecule has 1 saturated carbocycles. The summed E-state index contributed by atoms with van der Waals surface area (Å²) >= 11 is 1.72. The molecule has 2 heterocycles. The zero-order valence-corrected chi connectivity index (χ0v) is 9.18. The molecule has 1 fully saturated rings. The molecule has 0 spiro atoms. The summed E-state index contributed by atoms with van der Waals surface area (Å²) in [4.78, 5) is 1.23. The minimum absolute atomic E-state index is 0.638. The fourth-order valence-electron chi connectivity index (χ4n) is 2.04. The van der Waals surface area contributed by atoms with Crippen molar-refractivity contribution < 1.29 is 0 Å². The summed E-state index contributed by atoms with van der Waals surface area (Å²) in [5.41, 5.74) is 8.28. The van der Waals surface area contributed by atoms with E-state index in [1.54, 1.807) is 11.3 Å². The SMILES string of the molecule is Nc1n[nH]c(C2CCC2)c1-c1cccs1. The fraction of sp³-hybridized carbons (Fsp3) is 0.364. The number of hydrogen-bond acceptors (Lipinski definition) is 3. The molecule has 78 valence electrons. The van der Waals surface area contributed by atoms with E-state index in [2.05, 4.69) is 27.7 Å². The average molecular weight is 219 g/mol. The topological polar surface area (TPSA) is 54.7 Å².